The number of pyridine rings is 1. The maximum absolute atomic E-state index is 12.2. The van der Waals surface area contributed by atoms with E-state index in [2.05, 4.69) is 10.4 Å². The second-order valence-corrected chi connectivity index (χ2v) is 5.19. The Bertz CT molecular complexity index is 534. The van der Waals surface area contributed by atoms with Crippen LogP contribution >= 0.6 is 0 Å². The van der Waals surface area contributed by atoms with Crippen molar-refractivity contribution in [2.75, 3.05) is 0 Å². The lowest BCUT2D eigenvalue weighted by atomic mass is 9.81. The van der Waals surface area contributed by atoms with Crippen LogP contribution in [-0.4, -0.2) is 27.7 Å². The van der Waals surface area contributed by atoms with Gasteiger partial charge in [0.05, 0.1) is 17.4 Å². The third kappa shape index (κ3) is 2.07. The molecule has 3 amide bonds. The summed E-state index contributed by atoms with van der Waals surface area (Å²) in [7, 11) is 0. The van der Waals surface area contributed by atoms with Gasteiger partial charge in [0.15, 0.2) is 0 Å². The van der Waals surface area contributed by atoms with Crippen molar-refractivity contribution in [1.29, 1.82) is 0 Å². The van der Waals surface area contributed by atoms with E-state index < -0.39 is 5.91 Å². The van der Waals surface area contributed by atoms with Crippen LogP contribution in [0.1, 0.15) is 36.0 Å². The Kier molecular flexibility index (Phi) is 3.22. The monoisotopic (exact) mass is 273 g/mol. The molecule has 0 aromatic carbocycles. The number of fused-ring (bicyclic) bond motifs is 1. The molecule has 20 heavy (non-hydrogen) atoms. The van der Waals surface area contributed by atoms with Crippen molar-refractivity contribution in [2.45, 2.75) is 25.7 Å². The van der Waals surface area contributed by atoms with E-state index in [4.69, 9.17) is 0 Å². The first-order valence-electron chi connectivity index (χ1n) is 6.77. The van der Waals surface area contributed by atoms with E-state index in [0.717, 1.165) is 30.7 Å². The van der Waals surface area contributed by atoms with Crippen molar-refractivity contribution in [3.05, 3.63) is 30.1 Å². The standard InChI is InChI=1S/C14H15N3O3/c18-12(9-4-3-7-15-8-9)16-17-13(19)10-5-1-2-6-11(10)14(17)20/h3-4,7-8,10-11H,1-2,5-6H2,(H,16,18)/t10-,11-/m1/s1. The molecule has 0 radical (unpaired) electrons. The Balaban J connectivity index is 1.76. The summed E-state index contributed by atoms with van der Waals surface area (Å²) in [6, 6.07) is 3.21. The first-order valence-corrected chi connectivity index (χ1v) is 6.77. The molecule has 1 N–H and O–H groups in total. The van der Waals surface area contributed by atoms with Gasteiger partial charge in [-0.25, -0.2) is 0 Å². The molecule has 2 fully saturated rings. The molecule has 0 bridgehead atoms. The van der Waals surface area contributed by atoms with Crippen LogP contribution in [0.3, 0.4) is 0 Å². The smallest absolute Gasteiger partial charge is 0.271 e. The van der Waals surface area contributed by atoms with Crippen molar-refractivity contribution in [1.82, 2.24) is 15.4 Å². The quantitative estimate of drug-likeness (QED) is 0.812. The van der Waals surface area contributed by atoms with Crippen LogP contribution in [0, 0.1) is 11.8 Å². The first-order chi connectivity index (χ1) is 9.68. The number of imide groups is 1. The normalized spacial score (nSPS) is 25.5. The van der Waals surface area contributed by atoms with Crippen molar-refractivity contribution in [2.24, 2.45) is 11.8 Å². The van der Waals surface area contributed by atoms with Gasteiger partial charge in [-0.15, -0.1) is 0 Å². The fraction of sp³-hybridized carbons (Fsp3) is 0.429. The van der Waals surface area contributed by atoms with E-state index in [9.17, 15) is 14.4 Å². The highest BCUT2D eigenvalue weighted by Gasteiger charge is 2.49. The Morgan fingerprint density at radius 1 is 1.20 bits per heavy atom. The molecule has 1 aromatic heterocycles. The molecule has 104 valence electrons. The number of nitrogens with one attached hydrogen (secondary N) is 1. The minimum absolute atomic E-state index is 0.259. The van der Waals surface area contributed by atoms with Crippen LogP contribution in [0.5, 0.6) is 0 Å². The van der Waals surface area contributed by atoms with Crippen molar-refractivity contribution in [3.8, 4) is 0 Å². The lowest BCUT2D eigenvalue weighted by Gasteiger charge is -2.19. The number of carbonyl (C=O) groups excluding carboxylic acids is 3. The predicted octanol–water partition coefficient (Wildman–Crippen LogP) is 0.902. The summed E-state index contributed by atoms with van der Waals surface area (Å²) in [4.78, 5) is 40.2. The topological polar surface area (TPSA) is 79.4 Å². The number of carbonyl (C=O) groups is 3. The van der Waals surface area contributed by atoms with Gasteiger partial charge in [-0.2, -0.15) is 5.01 Å². The van der Waals surface area contributed by atoms with Crippen LogP contribution in [0.25, 0.3) is 0 Å². The Morgan fingerprint density at radius 2 is 1.85 bits per heavy atom. The third-order valence-corrected chi connectivity index (χ3v) is 3.98. The molecule has 1 saturated heterocycles. The van der Waals surface area contributed by atoms with E-state index >= 15 is 0 Å². The molecule has 0 spiro atoms. The Hall–Kier alpha value is -2.24. The molecule has 6 nitrogen and oxygen atoms in total. The summed E-state index contributed by atoms with van der Waals surface area (Å²) >= 11 is 0. The third-order valence-electron chi connectivity index (χ3n) is 3.98. The number of hydrogen-bond acceptors (Lipinski definition) is 4. The SMILES string of the molecule is O=C(NN1C(=O)[C@@H]2CCCC[C@H]2C1=O)c1cccnc1. The average Bonchev–Trinajstić information content (AvgIpc) is 2.74. The minimum atomic E-state index is -0.488. The summed E-state index contributed by atoms with van der Waals surface area (Å²) in [5.41, 5.74) is 2.73. The molecule has 2 aliphatic rings. The maximum atomic E-state index is 12.2. The van der Waals surface area contributed by atoms with Gasteiger partial charge in [-0.1, -0.05) is 12.8 Å². The summed E-state index contributed by atoms with van der Waals surface area (Å²) in [6.45, 7) is 0. The highest BCUT2D eigenvalue weighted by Crippen LogP contribution is 2.37. The molecule has 2 atom stereocenters. The van der Waals surface area contributed by atoms with E-state index in [-0.39, 0.29) is 23.7 Å². The highest BCUT2D eigenvalue weighted by molar-refractivity contribution is 6.07. The van der Waals surface area contributed by atoms with Crippen LogP contribution in [0.4, 0.5) is 0 Å². The molecule has 0 unspecified atom stereocenters. The lowest BCUT2D eigenvalue weighted by Crippen LogP contribution is -2.46. The van der Waals surface area contributed by atoms with Gasteiger partial charge in [0.25, 0.3) is 17.7 Å². The van der Waals surface area contributed by atoms with Gasteiger partial charge in [0, 0.05) is 12.4 Å². The zero-order valence-electron chi connectivity index (χ0n) is 10.9. The van der Waals surface area contributed by atoms with Crippen LogP contribution < -0.4 is 5.43 Å². The molecule has 3 rings (SSSR count). The zero-order chi connectivity index (χ0) is 14.1. The Morgan fingerprint density at radius 3 is 2.40 bits per heavy atom. The molecule has 2 heterocycles. The van der Waals surface area contributed by atoms with Crippen LogP contribution in [0.2, 0.25) is 0 Å². The van der Waals surface area contributed by atoms with Crippen molar-refractivity contribution < 1.29 is 14.4 Å². The van der Waals surface area contributed by atoms with Gasteiger partial charge >= 0.3 is 0 Å². The summed E-state index contributed by atoms with van der Waals surface area (Å²) in [6.07, 6.45) is 6.34. The lowest BCUT2D eigenvalue weighted by molar-refractivity contribution is -0.142. The number of nitrogens with zero attached hydrogens (tertiary/aromatic N) is 2. The first kappa shape index (κ1) is 12.8. The number of aromatic nitrogens is 1. The minimum Gasteiger partial charge on any atom is -0.272 e. The number of hydrazine groups is 1. The molecule has 1 aromatic rings. The fourth-order valence-corrected chi connectivity index (χ4v) is 2.94. The van der Waals surface area contributed by atoms with E-state index in [0.29, 0.717) is 5.56 Å². The van der Waals surface area contributed by atoms with E-state index in [1.165, 1.54) is 6.20 Å². The molecular formula is C14H15N3O3. The number of hydrogen-bond donors (Lipinski definition) is 1. The van der Waals surface area contributed by atoms with Crippen molar-refractivity contribution in [3.63, 3.8) is 0 Å². The maximum Gasteiger partial charge on any atom is 0.271 e. The van der Waals surface area contributed by atoms with Gasteiger partial charge in [-0.05, 0) is 25.0 Å². The average molecular weight is 273 g/mol. The molecular weight excluding hydrogens is 258 g/mol. The van der Waals surface area contributed by atoms with E-state index in [1.54, 1.807) is 18.3 Å². The second-order valence-electron chi connectivity index (χ2n) is 5.19. The van der Waals surface area contributed by atoms with Crippen molar-refractivity contribution >= 4 is 17.7 Å². The van der Waals surface area contributed by atoms with Gasteiger partial charge in [0.2, 0.25) is 0 Å². The van der Waals surface area contributed by atoms with Gasteiger partial charge in [0.1, 0.15) is 0 Å². The van der Waals surface area contributed by atoms with Gasteiger partial charge in [-0.3, -0.25) is 24.8 Å². The second kappa shape index (κ2) is 5.03. The molecule has 1 aliphatic heterocycles. The Labute approximate surface area is 116 Å². The number of rotatable bonds is 2. The zero-order valence-corrected chi connectivity index (χ0v) is 10.9. The van der Waals surface area contributed by atoms with E-state index in [1.807, 2.05) is 0 Å². The summed E-state index contributed by atoms with van der Waals surface area (Å²) in [5, 5.41) is 0.899. The summed E-state index contributed by atoms with van der Waals surface area (Å²) < 4.78 is 0. The highest BCUT2D eigenvalue weighted by atomic mass is 16.2. The molecule has 6 heteroatoms. The largest absolute Gasteiger partial charge is 0.272 e. The van der Waals surface area contributed by atoms with Gasteiger partial charge < -0.3 is 0 Å². The summed E-state index contributed by atoms with van der Waals surface area (Å²) in [5.74, 6) is -1.57. The van der Waals surface area contributed by atoms with Crippen LogP contribution in [-0.2, 0) is 9.59 Å². The fourth-order valence-electron chi connectivity index (χ4n) is 2.94. The van der Waals surface area contributed by atoms with Crippen LogP contribution in [0.15, 0.2) is 24.5 Å². The predicted molar refractivity (Wildman–Crippen MR) is 69.0 cm³/mol. The number of amides is 3. The molecule has 1 saturated carbocycles. The molecule has 1 aliphatic carbocycles.